The van der Waals surface area contributed by atoms with E-state index in [0.717, 1.165) is 0 Å². The van der Waals surface area contributed by atoms with Crippen LogP contribution in [-0.2, 0) is 0 Å². The Morgan fingerprint density at radius 1 is 0.727 bits per heavy atom. The zero-order valence-corrected chi connectivity index (χ0v) is 9.24. The Hall–Kier alpha value is 0.350. The molecule has 0 aromatic heterocycles. The van der Waals surface area contributed by atoms with Crippen LogP contribution in [0, 0.1) is 0 Å². The van der Waals surface area contributed by atoms with Gasteiger partial charge < -0.3 is 0 Å². The minimum absolute atomic E-state index is 0.398. The molecule has 0 heterocycles. The van der Waals surface area contributed by atoms with Gasteiger partial charge >= 0.3 is 0 Å². The van der Waals surface area contributed by atoms with Gasteiger partial charge in [0, 0.05) is 0 Å². The van der Waals surface area contributed by atoms with Crippen molar-refractivity contribution in [2.24, 2.45) is 0 Å². The van der Waals surface area contributed by atoms with Gasteiger partial charge in [-0.25, -0.2) is 9.79 Å². The first-order valence-corrected chi connectivity index (χ1v) is 5.54. The smallest absolute Gasteiger partial charge is 0.219 e. The molecule has 68 valence electrons. The lowest BCUT2D eigenvalue weighted by atomic mass is 10.2. The molecular formula is C8H20O2P+. The van der Waals surface area contributed by atoms with Gasteiger partial charge in [0.15, 0.2) is 0 Å². The van der Waals surface area contributed by atoms with Gasteiger partial charge in [-0.1, -0.05) is 0 Å². The highest BCUT2D eigenvalue weighted by Crippen LogP contribution is 2.70. The second-order valence-corrected chi connectivity index (χ2v) is 8.83. The molecule has 0 bridgehead atoms. The molecule has 0 amide bonds. The summed E-state index contributed by atoms with van der Waals surface area (Å²) in [5.41, 5.74) is 0. The molecule has 0 aliphatic heterocycles. The first kappa shape index (κ1) is 11.4. The lowest BCUT2D eigenvalue weighted by Gasteiger charge is -2.35. The molecule has 0 spiro atoms. The quantitative estimate of drug-likeness (QED) is 0.560. The van der Waals surface area contributed by atoms with Gasteiger partial charge in [0.05, 0.1) is 0 Å². The first-order valence-electron chi connectivity index (χ1n) is 3.85. The Morgan fingerprint density at radius 3 is 0.909 bits per heavy atom. The van der Waals surface area contributed by atoms with E-state index in [9.17, 15) is 9.79 Å². The van der Waals surface area contributed by atoms with E-state index < -0.39 is 18.0 Å². The lowest BCUT2D eigenvalue weighted by Crippen LogP contribution is -2.32. The molecule has 11 heavy (non-hydrogen) atoms. The highest BCUT2D eigenvalue weighted by atomic mass is 31.2. The number of rotatable bonds is 0. The lowest BCUT2D eigenvalue weighted by molar-refractivity contribution is 0.374. The normalized spacial score (nSPS) is 15.3. The third-order valence-electron chi connectivity index (χ3n) is 1.87. The zero-order chi connectivity index (χ0) is 9.50. The van der Waals surface area contributed by atoms with Gasteiger partial charge in [-0.3, -0.25) is 0 Å². The van der Waals surface area contributed by atoms with Crippen LogP contribution in [0.25, 0.3) is 0 Å². The standard InChI is InChI=1S/C8H20O2P/c1-7(2,3)11(9,10)8(4,5)6/h9-10H,1-6H3/q+1. The maximum absolute atomic E-state index is 9.85. The Morgan fingerprint density at radius 2 is 0.909 bits per heavy atom. The topological polar surface area (TPSA) is 40.5 Å². The summed E-state index contributed by atoms with van der Waals surface area (Å²) in [6.45, 7) is 11.2. The van der Waals surface area contributed by atoms with Crippen molar-refractivity contribution in [3.8, 4) is 0 Å². The SMILES string of the molecule is CC(C)(C)[P+](O)(O)C(C)(C)C. The van der Waals surface area contributed by atoms with Crippen LogP contribution in [-0.4, -0.2) is 20.1 Å². The van der Waals surface area contributed by atoms with Crippen LogP contribution in [0.3, 0.4) is 0 Å². The number of hydrogen-bond acceptors (Lipinski definition) is 2. The van der Waals surface area contributed by atoms with Gasteiger partial charge in [0.1, 0.15) is 10.3 Å². The summed E-state index contributed by atoms with van der Waals surface area (Å²) >= 11 is 0. The molecule has 2 nitrogen and oxygen atoms in total. The van der Waals surface area contributed by atoms with Crippen molar-refractivity contribution in [1.29, 1.82) is 0 Å². The Labute approximate surface area is 70.1 Å². The van der Waals surface area contributed by atoms with Crippen molar-refractivity contribution in [3.05, 3.63) is 0 Å². The molecule has 3 heteroatoms. The zero-order valence-electron chi connectivity index (χ0n) is 8.34. The third kappa shape index (κ3) is 2.14. The van der Waals surface area contributed by atoms with Crippen LogP contribution in [0.1, 0.15) is 41.5 Å². The molecule has 0 rings (SSSR count). The second-order valence-electron chi connectivity index (χ2n) is 4.94. The minimum Gasteiger partial charge on any atom is -0.219 e. The van der Waals surface area contributed by atoms with Crippen molar-refractivity contribution >= 4 is 7.72 Å². The van der Waals surface area contributed by atoms with Gasteiger partial charge in [-0.05, 0) is 41.5 Å². The van der Waals surface area contributed by atoms with E-state index >= 15 is 0 Å². The average Bonchev–Trinajstić information content (AvgIpc) is 1.58. The third-order valence-corrected chi connectivity index (χ3v) is 5.61. The van der Waals surface area contributed by atoms with Crippen LogP contribution in [0.2, 0.25) is 0 Å². The van der Waals surface area contributed by atoms with Crippen LogP contribution >= 0.6 is 7.72 Å². The molecule has 0 atom stereocenters. The summed E-state index contributed by atoms with van der Waals surface area (Å²) < 4.78 is 0. The minimum atomic E-state index is -2.81. The molecule has 2 N–H and O–H groups in total. The molecule has 0 aliphatic carbocycles. The average molecular weight is 179 g/mol. The molecule has 0 aliphatic rings. The molecular weight excluding hydrogens is 159 g/mol. The van der Waals surface area contributed by atoms with Gasteiger partial charge in [0.2, 0.25) is 0 Å². The molecule has 0 saturated heterocycles. The van der Waals surface area contributed by atoms with E-state index in [2.05, 4.69) is 0 Å². The van der Waals surface area contributed by atoms with Crippen molar-refractivity contribution < 1.29 is 9.79 Å². The highest BCUT2D eigenvalue weighted by Gasteiger charge is 2.57. The van der Waals surface area contributed by atoms with Crippen molar-refractivity contribution in [2.45, 2.75) is 51.9 Å². The summed E-state index contributed by atoms with van der Waals surface area (Å²) in [6, 6.07) is 0. The van der Waals surface area contributed by atoms with Crippen LogP contribution in [0.15, 0.2) is 0 Å². The fourth-order valence-corrected chi connectivity index (χ4v) is 3.02. The molecule has 0 radical (unpaired) electrons. The molecule has 0 aromatic rings. The van der Waals surface area contributed by atoms with Gasteiger partial charge in [-0.15, -0.1) is 0 Å². The van der Waals surface area contributed by atoms with Crippen LogP contribution in [0.5, 0.6) is 0 Å². The van der Waals surface area contributed by atoms with E-state index in [1.165, 1.54) is 0 Å². The monoisotopic (exact) mass is 179 g/mol. The Balaban J connectivity index is 4.75. The predicted octanol–water partition coefficient (Wildman–Crippen LogP) is 2.42. The van der Waals surface area contributed by atoms with Crippen molar-refractivity contribution in [2.75, 3.05) is 0 Å². The van der Waals surface area contributed by atoms with Crippen molar-refractivity contribution in [1.82, 2.24) is 0 Å². The largest absolute Gasteiger partial charge is 0.277 e. The fourth-order valence-electron chi connectivity index (χ4n) is 1.01. The maximum atomic E-state index is 9.85. The Bertz CT molecular complexity index is 123. The summed E-state index contributed by atoms with van der Waals surface area (Å²) in [4.78, 5) is 19.7. The van der Waals surface area contributed by atoms with Crippen LogP contribution in [0.4, 0.5) is 0 Å². The van der Waals surface area contributed by atoms with Gasteiger partial charge in [0.25, 0.3) is 7.72 Å². The first-order chi connectivity index (χ1) is 4.50. The molecule has 0 aromatic carbocycles. The van der Waals surface area contributed by atoms with Crippen LogP contribution < -0.4 is 0 Å². The molecule has 0 fully saturated rings. The molecule has 0 saturated carbocycles. The summed E-state index contributed by atoms with van der Waals surface area (Å²) in [6.07, 6.45) is 0. The molecule has 0 unspecified atom stereocenters. The second kappa shape index (κ2) is 2.69. The van der Waals surface area contributed by atoms with E-state index in [4.69, 9.17) is 0 Å². The summed E-state index contributed by atoms with van der Waals surface area (Å²) in [7, 11) is -2.81. The maximum Gasteiger partial charge on any atom is 0.277 e. The number of hydrogen-bond donors (Lipinski definition) is 2. The van der Waals surface area contributed by atoms with E-state index in [1.54, 1.807) is 0 Å². The predicted molar refractivity (Wildman–Crippen MR) is 50.9 cm³/mol. The van der Waals surface area contributed by atoms with E-state index in [1.807, 2.05) is 41.5 Å². The van der Waals surface area contributed by atoms with E-state index in [0.29, 0.717) is 0 Å². The van der Waals surface area contributed by atoms with Gasteiger partial charge in [-0.2, -0.15) is 0 Å². The van der Waals surface area contributed by atoms with E-state index in [-0.39, 0.29) is 0 Å². The fraction of sp³-hybridized carbons (Fsp3) is 1.00. The van der Waals surface area contributed by atoms with Crippen molar-refractivity contribution in [3.63, 3.8) is 0 Å². The Kier molecular flexibility index (Phi) is 2.77. The summed E-state index contributed by atoms with van der Waals surface area (Å²) in [5.74, 6) is 0. The highest BCUT2D eigenvalue weighted by molar-refractivity contribution is 7.67. The summed E-state index contributed by atoms with van der Waals surface area (Å²) in [5, 5.41) is -0.795.